The molecule has 0 aromatic rings. The number of ether oxygens (including phenoxy) is 3. The van der Waals surface area contributed by atoms with E-state index in [1.807, 2.05) is 11.8 Å². The standard InChI is InChI=1S/C12H22O3S.CH4/c1-2-7-15-12(5-1)16-9-8-14-11-4-3-6-13-10-11;/h11-12H,1-10H2;1H4. The highest BCUT2D eigenvalue weighted by molar-refractivity contribution is 7.99. The zero-order valence-corrected chi connectivity index (χ0v) is 10.7. The van der Waals surface area contributed by atoms with Crippen molar-refractivity contribution in [3.8, 4) is 0 Å². The van der Waals surface area contributed by atoms with E-state index in [2.05, 4.69) is 0 Å². The molecule has 2 fully saturated rings. The van der Waals surface area contributed by atoms with Crippen LogP contribution in [0.2, 0.25) is 0 Å². The third kappa shape index (κ3) is 6.09. The molecule has 0 spiro atoms. The first-order valence-corrected chi connectivity index (χ1v) is 7.42. The molecular weight excluding hydrogens is 236 g/mol. The van der Waals surface area contributed by atoms with Crippen molar-refractivity contribution in [2.24, 2.45) is 0 Å². The van der Waals surface area contributed by atoms with Gasteiger partial charge in [-0.1, -0.05) is 7.43 Å². The van der Waals surface area contributed by atoms with Gasteiger partial charge in [-0.25, -0.2) is 0 Å². The molecule has 4 heteroatoms. The molecule has 2 aliphatic rings. The predicted octanol–water partition coefficient (Wildman–Crippen LogP) is 3.08. The van der Waals surface area contributed by atoms with Gasteiger partial charge in [0.05, 0.1) is 19.3 Å². The molecular formula is C13H26O3S. The molecule has 2 rings (SSSR count). The maximum absolute atomic E-state index is 5.77. The summed E-state index contributed by atoms with van der Waals surface area (Å²) in [6.07, 6.45) is 6.38. The Morgan fingerprint density at radius 2 is 2.06 bits per heavy atom. The van der Waals surface area contributed by atoms with Gasteiger partial charge in [0.25, 0.3) is 0 Å². The molecule has 0 aromatic carbocycles. The van der Waals surface area contributed by atoms with Gasteiger partial charge in [-0.2, -0.15) is 0 Å². The molecule has 0 N–H and O–H groups in total. The minimum atomic E-state index is 0. The van der Waals surface area contributed by atoms with Crippen LogP contribution < -0.4 is 0 Å². The highest BCUT2D eigenvalue weighted by Gasteiger charge is 2.16. The molecule has 2 atom stereocenters. The van der Waals surface area contributed by atoms with Crippen molar-refractivity contribution < 1.29 is 14.2 Å². The van der Waals surface area contributed by atoms with Crippen molar-refractivity contribution >= 4 is 11.8 Å². The van der Waals surface area contributed by atoms with Crippen molar-refractivity contribution in [2.75, 3.05) is 32.2 Å². The molecule has 17 heavy (non-hydrogen) atoms. The lowest BCUT2D eigenvalue weighted by molar-refractivity contribution is -0.0450. The van der Waals surface area contributed by atoms with E-state index in [4.69, 9.17) is 14.2 Å². The quantitative estimate of drug-likeness (QED) is 0.712. The third-order valence-electron chi connectivity index (χ3n) is 3.00. The van der Waals surface area contributed by atoms with Crippen LogP contribution in [-0.2, 0) is 14.2 Å². The van der Waals surface area contributed by atoms with Gasteiger partial charge in [-0.05, 0) is 32.1 Å². The first-order chi connectivity index (χ1) is 7.95. The van der Waals surface area contributed by atoms with Gasteiger partial charge in [-0.3, -0.25) is 0 Å². The lowest BCUT2D eigenvalue weighted by Crippen LogP contribution is -2.26. The molecule has 2 unspecified atom stereocenters. The Hall–Kier alpha value is 0.230. The highest BCUT2D eigenvalue weighted by atomic mass is 32.2. The van der Waals surface area contributed by atoms with Gasteiger partial charge < -0.3 is 14.2 Å². The summed E-state index contributed by atoms with van der Waals surface area (Å²) in [7, 11) is 0. The highest BCUT2D eigenvalue weighted by Crippen LogP contribution is 2.23. The molecule has 0 amide bonds. The first-order valence-electron chi connectivity index (χ1n) is 6.38. The van der Waals surface area contributed by atoms with Crippen LogP contribution in [-0.4, -0.2) is 43.7 Å². The topological polar surface area (TPSA) is 27.7 Å². The first kappa shape index (κ1) is 15.3. The van der Waals surface area contributed by atoms with Gasteiger partial charge in [0, 0.05) is 19.0 Å². The number of thioether (sulfide) groups is 1. The fraction of sp³-hybridized carbons (Fsp3) is 1.00. The SMILES string of the molecule is C.C1CCC(SCCOC2CCCOC2)OC1. The van der Waals surface area contributed by atoms with Crippen molar-refractivity contribution in [3.63, 3.8) is 0 Å². The summed E-state index contributed by atoms with van der Waals surface area (Å²) in [6.45, 7) is 3.46. The summed E-state index contributed by atoms with van der Waals surface area (Å²) in [5, 5.41) is 0. The Kier molecular flexibility index (Phi) is 8.27. The molecule has 2 saturated heterocycles. The number of hydrogen-bond acceptors (Lipinski definition) is 4. The molecule has 0 aliphatic carbocycles. The minimum Gasteiger partial charge on any atom is -0.379 e. The Balaban J connectivity index is 0.00000144. The third-order valence-corrected chi connectivity index (χ3v) is 4.14. The molecule has 0 radical (unpaired) electrons. The number of rotatable bonds is 5. The van der Waals surface area contributed by atoms with E-state index in [1.165, 1.54) is 19.3 Å². The van der Waals surface area contributed by atoms with Crippen molar-refractivity contribution in [1.82, 2.24) is 0 Å². The summed E-state index contributed by atoms with van der Waals surface area (Å²) < 4.78 is 16.8. The van der Waals surface area contributed by atoms with Gasteiger partial charge in [0.2, 0.25) is 0 Å². The van der Waals surface area contributed by atoms with E-state index in [0.717, 1.165) is 45.0 Å². The lowest BCUT2D eigenvalue weighted by atomic mass is 10.2. The molecule has 0 saturated carbocycles. The summed E-state index contributed by atoms with van der Waals surface area (Å²) in [4.78, 5) is 0. The van der Waals surface area contributed by atoms with Crippen LogP contribution in [0.25, 0.3) is 0 Å². The maximum atomic E-state index is 5.77. The normalized spacial score (nSPS) is 29.6. The van der Waals surface area contributed by atoms with E-state index in [9.17, 15) is 0 Å². The van der Waals surface area contributed by atoms with Crippen LogP contribution in [0.15, 0.2) is 0 Å². The second kappa shape index (κ2) is 9.20. The van der Waals surface area contributed by atoms with Crippen LogP contribution in [0.5, 0.6) is 0 Å². The van der Waals surface area contributed by atoms with Crippen LogP contribution in [0, 0.1) is 0 Å². The molecule has 3 nitrogen and oxygen atoms in total. The Labute approximate surface area is 110 Å². The zero-order valence-electron chi connectivity index (χ0n) is 9.86. The average molecular weight is 262 g/mol. The van der Waals surface area contributed by atoms with Crippen LogP contribution in [0.3, 0.4) is 0 Å². The van der Waals surface area contributed by atoms with E-state index >= 15 is 0 Å². The van der Waals surface area contributed by atoms with Crippen LogP contribution in [0.1, 0.15) is 39.5 Å². The van der Waals surface area contributed by atoms with Crippen molar-refractivity contribution in [2.45, 2.75) is 51.1 Å². The molecule has 2 heterocycles. The molecule has 0 aromatic heterocycles. The van der Waals surface area contributed by atoms with E-state index in [1.54, 1.807) is 0 Å². The van der Waals surface area contributed by atoms with Crippen molar-refractivity contribution in [3.05, 3.63) is 0 Å². The van der Waals surface area contributed by atoms with Gasteiger partial charge in [0.15, 0.2) is 0 Å². The average Bonchev–Trinajstić information content (AvgIpc) is 2.37. The monoisotopic (exact) mass is 262 g/mol. The Morgan fingerprint density at radius 3 is 2.76 bits per heavy atom. The largest absolute Gasteiger partial charge is 0.379 e. The van der Waals surface area contributed by atoms with Crippen LogP contribution in [0.4, 0.5) is 0 Å². The second-order valence-corrected chi connectivity index (χ2v) is 5.64. The summed E-state index contributed by atoms with van der Waals surface area (Å²) >= 11 is 1.90. The molecule has 2 aliphatic heterocycles. The summed E-state index contributed by atoms with van der Waals surface area (Å²) in [6, 6.07) is 0. The minimum absolute atomic E-state index is 0. The van der Waals surface area contributed by atoms with Gasteiger partial charge in [-0.15, -0.1) is 11.8 Å². The van der Waals surface area contributed by atoms with Crippen molar-refractivity contribution in [1.29, 1.82) is 0 Å². The maximum Gasteiger partial charge on any atom is 0.103 e. The zero-order chi connectivity index (χ0) is 11.1. The van der Waals surface area contributed by atoms with Gasteiger partial charge >= 0.3 is 0 Å². The second-order valence-electron chi connectivity index (χ2n) is 4.38. The lowest BCUT2D eigenvalue weighted by Gasteiger charge is -2.24. The molecule has 0 bridgehead atoms. The van der Waals surface area contributed by atoms with Gasteiger partial charge in [0.1, 0.15) is 5.44 Å². The van der Waals surface area contributed by atoms with E-state index < -0.39 is 0 Å². The summed E-state index contributed by atoms with van der Waals surface area (Å²) in [5.74, 6) is 1.04. The predicted molar refractivity (Wildman–Crippen MR) is 72.6 cm³/mol. The van der Waals surface area contributed by atoms with E-state index in [-0.39, 0.29) is 7.43 Å². The number of hydrogen-bond donors (Lipinski definition) is 0. The Morgan fingerprint density at radius 1 is 1.12 bits per heavy atom. The summed E-state index contributed by atoms with van der Waals surface area (Å²) in [5.41, 5.74) is 0.417. The fourth-order valence-corrected chi connectivity index (χ4v) is 3.06. The van der Waals surface area contributed by atoms with E-state index in [0.29, 0.717) is 11.5 Å². The fourth-order valence-electron chi connectivity index (χ4n) is 2.08. The Bertz CT molecular complexity index is 158. The van der Waals surface area contributed by atoms with Crippen LogP contribution >= 0.6 is 11.8 Å². The molecule has 102 valence electrons. The smallest absolute Gasteiger partial charge is 0.103 e.